The Labute approximate surface area is 269 Å². The van der Waals surface area contributed by atoms with Crippen LogP contribution in [0.25, 0.3) is 0 Å². The molecule has 1 heterocycles. The standard InChI is InChI=1S/C31H27ClF3N3O6S2/c1-2-37(23-9-4-3-5-10-23)45(40,41)24-13-15-28(44-20-31(33,34)35)26(19-24)36-30(39)22-12-14-25(32)29(18-22)46(42,43)38-17-16-21-8-6-7-11-27(21)38/h3-15,18-19H,2,16-17,20H2,1H3,(H,36,39). The Morgan fingerprint density at radius 1 is 0.957 bits per heavy atom. The van der Waals surface area contributed by atoms with E-state index in [1.165, 1.54) is 16.4 Å². The first-order valence-corrected chi connectivity index (χ1v) is 17.1. The largest absolute Gasteiger partial charge is 0.482 e. The first-order chi connectivity index (χ1) is 21.7. The summed E-state index contributed by atoms with van der Waals surface area (Å²) in [6.07, 6.45) is -4.25. The Kier molecular flexibility index (Phi) is 9.25. The van der Waals surface area contributed by atoms with Crippen LogP contribution < -0.4 is 18.7 Å². The van der Waals surface area contributed by atoms with Gasteiger partial charge in [-0.05, 0) is 73.5 Å². The lowest BCUT2D eigenvalue weighted by Gasteiger charge is -2.24. The van der Waals surface area contributed by atoms with Gasteiger partial charge < -0.3 is 10.1 Å². The minimum absolute atomic E-state index is 0.0316. The summed E-state index contributed by atoms with van der Waals surface area (Å²) in [6.45, 7) is 0.0892. The molecule has 0 atom stereocenters. The summed E-state index contributed by atoms with van der Waals surface area (Å²) in [5.74, 6) is -1.40. The second-order valence-electron chi connectivity index (χ2n) is 10.1. The predicted molar refractivity (Wildman–Crippen MR) is 169 cm³/mol. The molecular weight excluding hydrogens is 667 g/mol. The van der Waals surface area contributed by atoms with E-state index in [1.54, 1.807) is 55.5 Å². The van der Waals surface area contributed by atoms with Gasteiger partial charge in [-0.3, -0.25) is 13.4 Å². The fraction of sp³-hybridized carbons (Fsp3) is 0.194. The van der Waals surface area contributed by atoms with Gasteiger partial charge in [0.2, 0.25) is 0 Å². The fourth-order valence-electron chi connectivity index (χ4n) is 4.98. The number of amides is 1. The van der Waals surface area contributed by atoms with Crippen LogP contribution in [0.3, 0.4) is 0 Å². The average molecular weight is 694 g/mol. The highest BCUT2D eigenvalue weighted by molar-refractivity contribution is 7.93. The lowest BCUT2D eigenvalue weighted by Crippen LogP contribution is -2.31. The summed E-state index contributed by atoms with van der Waals surface area (Å²) in [7, 11) is -8.47. The van der Waals surface area contributed by atoms with Gasteiger partial charge in [-0.25, -0.2) is 16.8 Å². The summed E-state index contributed by atoms with van der Waals surface area (Å²) >= 11 is 6.29. The number of carbonyl (C=O) groups excluding carboxylic acids is 1. The third kappa shape index (κ3) is 6.78. The van der Waals surface area contributed by atoms with Crippen LogP contribution in [-0.2, 0) is 26.5 Å². The van der Waals surface area contributed by atoms with Gasteiger partial charge in [0.15, 0.2) is 6.61 Å². The van der Waals surface area contributed by atoms with Gasteiger partial charge >= 0.3 is 6.18 Å². The molecule has 9 nitrogen and oxygen atoms in total. The van der Waals surface area contributed by atoms with Gasteiger partial charge in [0.05, 0.1) is 27.0 Å². The number of benzene rings is 4. The zero-order valence-corrected chi connectivity index (χ0v) is 26.5. The van der Waals surface area contributed by atoms with Gasteiger partial charge in [-0.1, -0.05) is 48.0 Å². The van der Waals surface area contributed by atoms with E-state index >= 15 is 0 Å². The van der Waals surface area contributed by atoms with E-state index in [9.17, 15) is 34.8 Å². The minimum atomic E-state index is -4.73. The Balaban J connectivity index is 1.50. The van der Waals surface area contributed by atoms with Crippen LogP contribution >= 0.6 is 11.6 Å². The Bertz CT molecular complexity index is 1990. The molecule has 1 N–H and O–H groups in total. The highest BCUT2D eigenvalue weighted by Crippen LogP contribution is 2.36. The highest BCUT2D eigenvalue weighted by atomic mass is 35.5. The molecule has 242 valence electrons. The number of rotatable bonds is 10. The van der Waals surface area contributed by atoms with Crippen molar-refractivity contribution in [1.82, 2.24) is 0 Å². The molecule has 4 aromatic carbocycles. The molecule has 0 saturated heterocycles. The van der Waals surface area contributed by atoms with Gasteiger partial charge in [-0.15, -0.1) is 0 Å². The van der Waals surface area contributed by atoms with Crippen molar-refractivity contribution in [2.75, 3.05) is 33.6 Å². The zero-order chi connectivity index (χ0) is 33.3. The van der Waals surface area contributed by atoms with Crippen molar-refractivity contribution in [2.45, 2.75) is 29.3 Å². The molecule has 5 rings (SSSR count). The molecule has 15 heteroatoms. The molecule has 0 aromatic heterocycles. The van der Waals surface area contributed by atoms with Crippen LogP contribution in [0, 0.1) is 0 Å². The molecule has 1 amide bonds. The Hall–Kier alpha value is -4.27. The van der Waals surface area contributed by atoms with E-state index in [1.807, 2.05) is 6.07 Å². The van der Waals surface area contributed by atoms with Gasteiger partial charge in [0.1, 0.15) is 10.6 Å². The molecule has 1 aliphatic heterocycles. The summed E-state index contributed by atoms with van der Waals surface area (Å²) < 4.78 is 101. The van der Waals surface area contributed by atoms with Gasteiger partial charge in [-0.2, -0.15) is 13.2 Å². The predicted octanol–water partition coefficient (Wildman–Crippen LogP) is 6.50. The molecule has 0 saturated carbocycles. The van der Waals surface area contributed by atoms with E-state index < -0.39 is 44.5 Å². The van der Waals surface area contributed by atoms with E-state index in [0.717, 1.165) is 34.1 Å². The van der Waals surface area contributed by atoms with Crippen LogP contribution in [-0.4, -0.2) is 48.6 Å². The van der Waals surface area contributed by atoms with Crippen LogP contribution in [0.1, 0.15) is 22.8 Å². The molecule has 1 aliphatic rings. The van der Waals surface area contributed by atoms with Crippen molar-refractivity contribution in [1.29, 1.82) is 0 Å². The monoisotopic (exact) mass is 693 g/mol. The Morgan fingerprint density at radius 3 is 2.35 bits per heavy atom. The van der Waals surface area contributed by atoms with E-state index in [-0.39, 0.29) is 39.2 Å². The van der Waals surface area contributed by atoms with Crippen LogP contribution in [0.5, 0.6) is 5.75 Å². The number of hydrogen-bond donors (Lipinski definition) is 1. The number of nitrogens with one attached hydrogen (secondary N) is 1. The molecule has 4 aromatic rings. The number of carbonyl (C=O) groups is 1. The Morgan fingerprint density at radius 2 is 1.65 bits per heavy atom. The first-order valence-electron chi connectivity index (χ1n) is 13.9. The number of hydrogen-bond acceptors (Lipinski definition) is 6. The van der Waals surface area contributed by atoms with Crippen molar-refractivity contribution < 1.29 is 39.5 Å². The summed E-state index contributed by atoms with van der Waals surface area (Å²) in [6, 6.07) is 21.7. The number of nitrogens with zero attached hydrogens (tertiary/aromatic N) is 2. The molecular formula is C31H27ClF3N3O6S2. The van der Waals surface area contributed by atoms with Crippen LogP contribution in [0.2, 0.25) is 5.02 Å². The molecule has 0 fully saturated rings. The van der Waals surface area contributed by atoms with E-state index in [4.69, 9.17) is 16.3 Å². The smallest absolute Gasteiger partial charge is 0.422 e. The first kappa shape index (κ1) is 33.1. The van der Waals surface area contributed by atoms with Crippen molar-refractivity contribution in [3.8, 4) is 5.75 Å². The van der Waals surface area contributed by atoms with Crippen LogP contribution in [0.15, 0.2) is 101 Å². The molecule has 0 radical (unpaired) electrons. The molecule has 46 heavy (non-hydrogen) atoms. The number of para-hydroxylation sites is 2. The number of halogens is 4. The number of sulfonamides is 2. The third-order valence-electron chi connectivity index (χ3n) is 7.12. The molecule has 0 spiro atoms. The number of ether oxygens (including phenoxy) is 1. The van der Waals surface area contributed by atoms with Gasteiger partial charge in [0.25, 0.3) is 26.0 Å². The van der Waals surface area contributed by atoms with E-state index in [2.05, 4.69) is 5.32 Å². The summed E-state index contributed by atoms with van der Waals surface area (Å²) in [4.78, 5) is 12.8. The lowest BCUT2D eigenvalue weighted by molar-refractivity contribution is -0.153. The number of anilines is 3. The maximum atomic E-state index is 13.7. The van der Waals surface area contributed by atoms with Crippen molar-refractivity contribution in [3.63, 3.8) is 0 Å². The second-order valence-corrected chi connectivity index (χ2v) is 14.2. The maximum Gasteiger partial charge on any atom is 0.422 e. The lowest BCUT2D eigenvalue weighted by atomic mass is 10.2. The van der Waals surface area contributed by atoms with Gasteiger partial charge in [0, 0.05) is 18.7 Å². The number of fused-ring (bicyclic) bond motifs is 1. The number of alkyl halides is 3. The quantitative estimate of drug-likeness (QED) is 0.203. The summed E-state index contributed by atoms with van der Waals surface area (Å²) in [5.41, 5.74) is 1.07. The van der Waals surface area contributed by atoms with Crippen molar-refractivity contribution in [3.05, 3.63) is 107 Å². The fourth-order valence-corrected chi connectivity index (χ4v) is 8.49. The van der Waals surface area contributed by atoms with E-state index in [0.29, 0.717) is 17.8 Å². The zero-order valence-electron chi connectivity index (χ0n) is 24.2. The maximum absolute atomic E-state index is 13.7. The SMILES string of the molecule is CCN(c1ccccc1)S(=O)(=O)c1ccc(OCC(F)(F)F)c(NC(=O)c2ccc(Cl)c(S(=O)(=O)N3CCc4ccccc43)c2)c1. The average Bonchev–Trinajstić information content (AvgIpc) is 3.46. The minimum Gasteiger partial charge on any atom is -0.482 e. The highest BCUT2D eigenvalue weighted by Gasteiger charge is 2.33. The third-order valence-corrected chi connectivity index (χ3v) is 11.3. The summed E-state index contributed by atoms with van der Waals surface area (Å²) in [5, 5.41) is 2.24. The molecule has 0 unspecified atom stereocenters. The molecule has 0 bridgehead atoms. The molecule has 0 aliphatic carbocycles. The van der Waals surface area contributed by atoms with Crippen molar-refractivity contribution in [2.24, 2.45) is 0 Å². The van der Waals surface area contributed by atoms with Crippen LogP contribution in [0.4, 0.5) is 30.2 Å². The topological polar surface area (TPSA) is 113 Å². The van der Waals surface area contributed by atoms with Crippen molar-refractivity contribution >= 4 is 54.6 Å². The second kappa shape index (κ2) is 12.9. The normalized spacial score (nSPS) is 13.3.